The fourth-order valence-corrected chi connectivity index (χ4v) is 1.49. The number of nitrogens with zero attached hydrogens (tertiary/aromatic N) is 2. The van der Waals surface area contributed by atoms with Gasteiger partial charge in [-0.3, -0.25) is 5.10 Å². The lowest BCUT2D eigenvalue weighted by Crippen LogP contribution is -1.98. The van der Waals surface area contributed by atoms with E-state index >= 15 is 0 Å². The monoisotopic (exact) mass is 191 g/mol. The molecule has 0 fully saturated rings. The first kappa shape index (κ1) is 8.19. The highest BCUT2D eigenvalue weighted by Crippen LogP contribution is 2.04. The maximum absolute atomic E-state index is 5.15. The molecule has 2 aromatic rings. The van der Waals surface area contributed by atoms with E-state index in [-0.39, 0.29) is 0 Å². The average Bonchev–Trinajstić information content (AvgIpc) is 2.47. The van der Waals surface area contributed by atoms with Crippen LogP contribution in [0.1, 0.15) is 5.69 Å². The van der Waals surface area contributed by atoms with Gasteiger partial charge in [0.2, 0.25) is 0 Å². The number of aromatic nitrogens is 3. The molecule has 0 bridgehead atoms. The standard InChI is InChI=1S/C9H9N3S/c1-7-6-9(13)12(11-7)8-4-2-3-5-10-8/h2-6,11H,1H3. The maximum Gasteiger partial charge on any atom is 0.152 e. The van der Waals surface area contributed by atoms with Crippen molar-refractivity contribution >= 4 is 12.2 Å². The van der Waals surface area contributed by atoms with Crippen LogP contribution in [0.3, 0.4) is 0 Å². The quantitative estimate of drug-likeness (QED) is 0.701. The number of hydrogen-bond donors (Lipinski definition) is 1. The van der Waals surface area contributed by atoms with Crippen molar-refractivity contribution < 1.29 is 0 Å². The Bertz CT molecular complexity index is 455. The summed E-state index contributed by atoms with van der Waals surface area (Å²) in [7, 11) is 0. The van der Waals surface area contributed by atoms with E-state index < -0.39 is 0 Å². The second-order valence-corrected chi connectivity index (χ2v) is 3.22. The molecule has 0 aliphatic rings. The third-order valence-electron chi connectivity index (χ3n) is 1.73. The van der Waals surface area contributed by atoms with E-state index in [1.54, 1.807) is 10.9 Å². The van der Waals surface area contributed by atoms with Crippen LogP contribution in [0, 0.1) is 11.6 Å². The van der Waals surface area contributed by atoms with E-state index in [2.05, 4.69) is 10.1 Å². The van der Waals surface area contributed by atoms with Gasteiger partial charge in [-0.15, -0.1) is 0 Å². The van der Waals surface area contributed by atoms with Crippen molar-refractivity contribution in [3.8, 4) is 5.82 Å². The largest absolute Gasteiger partial charge is 0.296 e. The fraction of sp³-hybridized carbons (Fsp3) is 0.111. The van der Waals surface area contributed by atoms with E-state index in [0.717, 1.165) is 16.2 Å². The minimum Gasteiger partial charge on any atom is -0.296 e. The van der Waals surface area contributed by atoms with Gasteiger partial charge in [0.15, 0.2) is 5.82 Å². The predicted molar refractivity (Wildman–Crippen MR) is 53.5 cm³/mol. The molecule has 3 nitrogen and oxygen atoms in total. The zero-order valence-electron chi connectivity index (χ0n) is 7.19. The normalized spacial score (nSPS) is 10.2. The Hall–Kier alpha value is -1.42. The van der Waals surface area contributed by atoms with Crippen LogP contribution < -0.4 is 0 Å². The van der Waals surface area contributed by atoms with E-state index in [4.69, 9.17) is 12.2 Å². The number of pyridine rings is 1. The molecule has 0 spiro atoms. The number of hydrogen-bond acceptors (Lipinski definition) is 2. The predicted octanol–water partition coefficient (Wildman–Crippen LogP) is 2.24. The first-order chi connectivity index (χ1) is 6.27. The zero-order valence-corrected chi connectivity index (χ0v) is 8.01. The Morgan fingerprint density at radius 3 is 2.85 bits per heavy atom. The summed E-state index contributed by atoms with van der Waals surface area (Å²) in [5.74, 6) is 0.820. The van der Waals surface area contributed by atoms with Crippen LogP contribution >= 0.6 is 12.2 Å². The first-order valence-electron chi connectivity index (χ1n) is 3.97. The molecule has 0 amide bonds. The Morgan fingerprint density at radius 2 is 2.31 bits per heavy atom. The van der Waals surface area contributed by atoms with Gasteiger partial charge in [0.1, 0.15) is 4.64 Å². The summed E-state index contributed by atoms with van der Waals surface area (Å²) in [6.07, 6.45) is 1.74. The minimum absolute atomic E-state index is 0.746. The van der Waals surface area contributed by atoms with Crippen LogP contribution in [-0.2, 0) is 0 Å². The molecule has 0 atom stereocenters. The molecule has 2 heterocycles. The van der Waals surface area contributed by atoms with E-state index in [0.29, 0.717) is 0 Å². The number of rotatable bonds is 1. The maximum atomic E-state index is 5.15. The van der Waals surface area contributed by atoms with Crippen LogP contribution in [0.2, 0.25) is 0 Å². The van der Waals surface area contributed by atoms with Crippen molar-refractivity contribution in [3.63, 3.8) is 0 Å². The van der Waals surface area contributed by atoms with E-state index in [9.17, 15) is 0 Å². The van der Waals surface area contributed by atoms with Crippen molar-refractivity contribution in [2.24, 2.45) is 0 Å². The minimum atomic E-state index is 0.746. The van der Waals surface area contributed by atoms with Crippen LogP contribution in [0.4, 0.5) is 0 Å². The highest BCUT2D eigenvalue weighted by atomic mass is 32.1. The molecule has 2 rings (SSSR count). The third-order valence-corrected chi connectivity index (χ3v) is 2.03. The molecule has 0 aliphatic carbocycles. The number of aromatic amines is 1. The van der Waals surface area contributed by atoms with Crippen molar-refractivity contribution in [2.45, 2.75) is 6.92 Å². The zero-order chi connectivity index (χ0) is 9.26. The highest BCUT2D eigenvalue weighted by molar-refractivity contribution is 7.71. The van der Waals surface area contributed by atoms with Crippen molar-refractivity contribution in [1.82, 2.24) is 14.8 Å². The van der Waals surface area contributed by atoms with Gasteiger partial charge in [0, 0.05) is 11.9 Å². The molecule has 0 saturated carbocycles. The molecular formula is C9H9N3S. The van der Waals surface area contributed by atoms with Gasteiger partial charge in [-0.25, -0.2) is 9.67 Å². The lowest BCUT2D eigenvalue weighted by molar-refractivity contribution is 0.823. The summed E-state index contributed by atoms with van der Waals surface area (Å²) >= 11 is 5.15. The average molecular weight is 191 g/mol. The van der Waals surface area contributed by atoms with E-state index in [1.165, 1.54) is 0 Å². The second kappa shape index (κ2) is 3.14. The molecule has 4 heteroatoms. The van der Waals surface area contributed by atoms with Crippen LogP contribution in [0.25, 0.3) is 5.82 Å². The van der Waals surface area contributed by atoms with Crippen molar-refractivity contribution in [1.29, 1.82) is 0 Å². The van der Waals surface area contributed by atoms with Crippen molar-refractivity contribution in [2.75, 3.05) is 0 Å². The number of H-pyrrole nitrogens is 1. The molecule has 0 aromatic carbocycles. The Kier molecular flexibility index (Phi) is 1.98. The number of aryl methyl sites for hydroxylation is 1. The van der Waals surface area contributed by atoms with Gasteiger partial charge in [0.05, 0.1) is 0 Å². The van der Waals surface area contributed by atoms with Gasteiger partial charge in [-0.1, -0.05) is 18.3 Å². The van der Waals surface area contributed by atoms with Gasteiger partial charge < -0.3 is 0 Å². The topological polar surface area (TPSA) is 33.6 Å². The van der Waals surface area contributed by atoms with Gasteiger partial charge in [-0.05, 0) is 25.1 Å². The summed E-state index contributed by atoms with van der Waals surface area (Å²) in [5.41, 5.74) is 1.04. The SMILES string of the molecule is Cc1cc(=S)n(-c2ccccn2)[nH]1. The molecule has 13 heavy (non-hydrogen) atoms. The second-order valence-electron chi connectivity index (χ2n) is 2.80. The smallest absolute Gasteiger partial charge is 0.152 e. The van der Waals surface area contributed by atoms with Gasteiger partial charge >= 0.3 is 0 Å². The lowest BCUT2D eigenvalue weighted by atomic mass is 10.5. The van der Waals surface area contributed by atoms with Crippen LogP contribution in [-0.4, -0.2) is 14.8 Å². The molecule has 0 radical (unpaired) electrons. The van der Waals surface area contributed by atoms with E-state index in [1.807, 2.05) is 31.2 Å². The van der Waals surface area contributed by atoms with Crippen LogP contribution in [0.15, 0.2) is 30.5 Å². The Morgan fingerprint density at radius 1 is 1.46 bits per heavy atom. The summed E-state index contributed by atoms with van der Waals surface area (Å²) in [5, 5.41) is 3.11. The van der Waals surface area contributed by atoms with Crippen LogP contribution in [0.5, 0.6) is 0 Å². The molecule has 2 aromatic heterocycles. The molecule has 0 unspecified atom stereocenters. The lowest BCUT2D eigenvalue weighted by Gasteiger charge is -1.99. The molecule has 0 aliphatic heterocycles. The summed E-state index contributed by atoms with van der Waals surface area (Å²) in [6.45, 7) is 1.97. The highest BCUT2D eigenvalue weighted by Gasteiger charge is 1.98. The van der Waals surface area contributed by atoms with Gasteiger partial charge in [0.25, 0.3) is 0 Å². The molecular weight excluding hydrogens is 182 g/mol. The van der Waals surface area contributed by atoms with Gasteiger partial charge in [-0.2, -0.15) is 0 Å². The summed E-state index contributed by atoms with van der Waals surface area (Å²) in [6, 6.07) is 7.62. The summed E-state index contributed by atoms with van der Waals surface area (Å²) < 4.78 is 2.53. The summed E-state index contributed by atoms with van der Waals surface area (Å²) in [4.78, 5) is 4.19. The number of nitrogens with one attached hydrogen (secondary N) is 1. The third kappa shape index (κ3) is 1.53. The first-order valence-corrected chi connectivity index (χ1v) is 4.38. The molecule has 0 saturated heterocycles. The molecule has 66 valence electrons. The van der Waals surface area contributed by atoms with Crippen molar-refractivity contribution in [3.05, 3.63) is 40.8 Å². The molecule has 1 N–H and O–H groups in total. The Balaban J connectivity index is 2.59. The Labute approximate surface area is 81.0 Å². The fourth-order valence-electron chi connectivity index (χ4n) is 1.17.